The first-order valence-electron chi connectivity index (χ1n) is 5.38. The number of carbonyl (C=O) groups is 2. The molecule has 0 atom stereocenters. The van der Waals surface area contributed by atoms with E-state index in [2.05, 4.69) is 0 Å². The van der Waals surface area contributed by atoms with Crippen molar-refractivity contribution in [1.82, 2.24) is 4.90 Å². The zero-order valence-corrected chi connectivity index (χ0v) is 9.39. The molecule has 90 valence electrons. The van der Waals surface area contributed by atoms with E-state index in [1.165, 1.54) is 0 Å². The van der Waals surface area contributed by atoms with Crippen molar-refractivity contribution in [2.45, 2.75) is 25.9 Å². The van der Waals surface area contributed by atoms with Crippen LogP contribution in [0.4, 0.5) is 0 Å². The van der Waals surface area contributed by atoms with Gasteiger partial charge in [0, 0.05) is 13.1 Å². The summed E-state index contributed by atoms with van der Waals surface area (Å²) in [6.45, 7) is 2.81. The number of nitrogens with zero attached hydrogens (tertiary/aromatic N) is 1. The highest BCUT2D eigenvalue weighted by molar-refractivity contribution is 5.87. The topological polar surface area (TPSA) is 66.8 Å². The summed E-state index contributed by atoms with van der Waals surface area (Å²) in [5, 5.41) is 8.46. The van der Waals surface area contributed by atoms with E-state index in [4.69, 9.17) is 9.84 Å². The van der Waals surface area contributed by atoms with Crippen LogP contribution in [0.25, 0.3) is 0 Å². The molecule has 0 aliphatic carbocycles. The third-order valence-electron chi connectivity index (χ3n) is 2.51. The molecule has 0 aromatic rings. The number of rotatable bonds is 4. The van der Waals surface area contributed by atoms with Gasteiger partial charge in [-0.25, -0.2) is 4.79 Å². The summed E-state index contributed by atoms with van der Waals surface area (Å²) in [6.07, 6.45) is 4.63. The monoisotopic (exact) mass is 227 g/mol. The normalized spacial score (nSPS) is 17.9. The average molecular weight is 227 g/mol. The lowest BCUT2D eigenvalue weighted by atomic mass is 10.1. The second kappa shape index (κ2) is 6.27. The number of amides is 1. The summed E-state index contributed by atoms with van der Waals surface area (Å²) in [6, 6.07) is 0. The van der Waals surface area contributed by atoms with Crippen LogP contribution in [0.1, 0.15) is 19.8 Å². The summed E-state index contributed by atoms with van der Waals surface area (Å²) in [7, 11) is 0. The maximum Gasteiger partial charge on any atom is 0.329 e. The van der Waals surface area contributed by atoms with Gasteiger partial charge < -0.3 is 14.7 Å². The first-order valence-corrected chi connectivity index (χ1v) is 5.38. The molecule has 1 aliphatic rings. The van der Waals surface area contributed by atoms with E-state index in [0.717, 1.165) is 0 Å². The Bertz CT molecular complexity index is 280. The second-order valence-corrected chi connectivity index (χ2v) is 3.73. The molecule has 0 unspecified atom stereocenters. The highest BCUT2D eigenvalue weighted by Crippen LogP contribution is 2.13. The summed E-state index contributed by atoms with van der Waals surface area (Å²) >= 11 is 0. The molecule has 1 N–H and O–H groups in total. The number of likely N-dealkylation sites (tertiary alicyclic amines) is 1. The molecular formula is C11H17NO4. The molecule has 0 spiro atoms. The van der Waals surface area contributed by atoms with E-state index in [0.29, 0.717) is 25.9 Å². The molecule has 0 aromatic heterocycles. The minimum Gasteiger partial charge on any atom is -0.480 e. The molecule has 1 rings (SSSR count). The van der Waals surface area contributed by atoms with Crippen molar-refractivity contribution in [3.05, 3.63) is 12.2 Å². The maximum atomic E-state index is 11.5. The van der Waals surface area contributed by atoms with Crippen molar-refractivity contribution in [3.63, 3.8) is 0 Å². The van der Waals surface area contributed by atoms with Gasteiger partial charge in [0.25, 0.3) is 0 Å². The minimum atomic E-state index is -0.951. The van der Waals surface area contributed by atoms with E-state index in [-0.39, 0.29) is 18.6 Å². The Hall–Kier alpha value is -1.36. The van der Waals surface area contributed by atoms with Crippen LogP contribution in [0.3, 0.4) is 0 Å². The van der Waals surface area contributed by atoms with Gasteiger partial charge in [-0.3, -0.25) is 4.79 Å². The SMILES string of the molecule is CC=CC(=O)N1CCC(OCC(=O)O)CC1. The number of hydrogen-bond acceptors (Lipinski definition) is 3. The number of ether oxygens (including phenoxy) is 1. The fraction of sp³-hybridized carbons (Fsp3) is 0.636. The van der Waals surface area contributed by atoms with Gasteiger partial charge in [-0.05, 0) is 25.8 Å². The number of piperidine rings is 1. The molecule has 5 nitrogen and oxygen atoms in total. The highest BCUT2D eigenvalue weighted by Gasteiger charge is 2.22. The minimum absolute atomic E-state index is 0.0131. The summed E-state index contributed by atoms with van der Waals surface area (Å²) in [5.41, 5.74) is 0. The van der Waals surface area contributed by atoms with Crippen molar-refractivity contribution >= 4 is 11.9 Å². The molecule has 1 amide bonds. The zero-order valence-electron chi connectivity index (χ0n) is 9.39. The smallest absolute Gasteiger partial charge is 0.329 e. The fourth-order valence-electron chi connectivity index (χ4n) is 1.68. The Morgan fingerprint density at radius 2 is 2.06 bits per heavy atom. The molecule has 1 fully saturated rings. The zero-order chi connectivity index (χ0) is 12.0. The van der Waals surface area contributed by atoms with Crippen molar-refractivity contribution < 1.29 is 19.4 Å². The predicted octanol–water partition coefficient (Wildman–Crippen LogP) is 0.655. The number of carbonyl (C=O) groups excluding carboxylic acids is 1. The number of carboxylic acids is 1. The van der Waals surface area contributed by atoms with Gasteiger partial charge in [-0.1, -0.05) is 6.08 Å². The van der Waals surface area contributed by atoms with Gasteiger partial charge in [0.05, 0.1) is 6.10 Å². The lowest BCUT2D eigenvalue weighted by Gasteiger charge is -2.30. The molecule has 0 aromatic carbocycles. The van der Waals surface area contributed by atoms with Crippen molar-refractivity contribution in [2.75, 3.05) is 19.7 Å². The van der Waals surface area contributed by atoms with Gasteiger partial charge in [0.15, 0.2) is 0 Å². The van der Waals surface area contributed by atoms with Gasteiger partial charge in [-0.2, -0.15) is 0 Å². The third-order valence-corrected chi connectivity index (χ3v) is 2.51. The van der Waals surface area contributed by atoms with E-state index >= 15 is 0 Å². The Morgan fingerprint density at radius 1 is 1.44 bits per heavy atom. The number of aliphatic carboxylic acids is 1. The number of hydrogen-bond donors (Lipinski definition) is 1. The van der Waals surface area contributed by atoms with Crippen molar-refractivity contribution in [3.8, 4) is 0 Å². The van der Waals surface area contributed by atoms with Crippen LogP contribution in [0.15, 0.2) is 12.2 Å². The average Bonchev–Trinajstić information content (AvgIpc) is 2.27. The van der Waals surface area contributed by atoms with Crippen LogP contribution in [-0.2, 0) is 14.3 Å². The van der Waals surface area contributed by atoms with E-state index in [9.17, 15) is 9.59 Å². The Balaban J connectivity index is 2.28. The largest absolute Gasteiger partial charge is 0.480 e. The molecule has 1 saturated heterocycles. The quantitative estimate of drug-likeness (QED) is 0.716. The molecular weight excluding hydrogens is 210 g/mol. The highest BCUT2D eigenvalue weighted by atomic mass is 16.5. The fourth-order valence-corrected chi connectivity index (χ4v) is 1.68. The van der Waals surface area contributed by atoms with Crippen LogP contribution < -0.4 is 0 Å². The molecule has 5 heteroatoms. The number of carboxylic acid groups (broad SMARTS) is 1. The first-order chi connectivity index (χ1) is 7.63. The van der Waals surface area contributed by atoms with E-state index in [1.807, 2.05) is 0 Å². The van der Waals surface area contributed by atoms with E-state index in [1.54, 1.807) is 24.0 Å². The van der Waals surface area contributed by atoms with Crippen LogP contribution >= 0.6 is 0 Å². The molecule has 1 heterocycles. The van der Waals surface area contributed by atoms with Gasteiger partial charge in [-0.15, -0.1) is 0 Å². The predicted molar refractivity (Wildman–Crippen MR) is 58.0 cm³/mol. The van der Waals surface area contributed by atoms with Crippen LogP contribution in [-0.4, -0.2) is 47.7 Å². The van der Waals surface area contributed by atoms with Gasteiger partial charge >= 0.3 is 5.97 Å². The lowest BCUT2D eigenvalue weighted by Crippen LogP contribution is -2.40. The van der Waals surface area contributed by atoms with Gasteiger partial charge in [0.1, 0.15) is 6.61 Å². The maximum absolute atomic E-state index is 11.5. The molecule has 0 bridgehead atoms. The Kier molecular flexibility index (Phi) is 4.98. The van der Waals surface area contributed by atoms with Crippen LogP contribution in [0.2, 0.25) is 0 Å². The first kappa shape index (κ1) is 12.7. The van der Waals surface area contributed by atoms with Crippen LogP contribution in [0.5, 0.6) is 0 Å². The van der Waals surface area contributed by atoms with E-state index < -0.39 is 5.97 Å². The van der Waals surface area contributed by atoms with Crippen molar-refractivity contribution in [1.29, 1.82) is 0 Å². The molecule has 0 saturated carbocycles. The van der Waals surface area contributed by atoms with Crippen LogP contribution in [0, 0.1) is 0 Å². The Morgan fingerprint density at radius 3 is 2.56 bits per heavy atom. The Labute approximate surface area is 94.7 Å². The summed E-state index contributed by atoms with van der Waals surface area (Å²) in [5.74, 6) is -0.938. The van der Waals surface area contributed by atoms with Gasteiger partial charge in [0.2, 0.25) is 5.91 Å². The standard InChI is InChI=1S/C11H17NO4/c1-2-3-10(13)12-6-4-9(5-7-12)16-8-11(14)15/h2-3,9H,4-8H2,1H3,(H,14,15). The lowest BCUT2D eigenvalue weighted by molar-refractivity contribution is -0.146. The second-order valence-electron chi connectivity index (χ2n) is 3.73. The summed E-state index contributed by atoms with van der Waals surface area (Å²) in [4.78, 5) is 23.5. The third kappa shape index (κ3) is 4.02. The van der Waals surface area contributed by atoms with Crippen molar-refractivity contribution in [2.24, 2.45) is 0 Å². The summed E-state index contributed by atoms with van der Waals surface area (Å²) < 4.78 is 5.18. The molecule has 0 radical (unpaired) electrons. The number of allylic oxidation sites excluding steroid dienone is 1. The molecule has 1 aliphatic heterocycles. The molecule has 16 heavy (non-hydrogen) atoms.